The van der Waals surface area contributed by atoms with Crippen LogP contribution in [0, 0.1) is 12.3 Å². The number of aryl methyl sites for hydroxylation is 1. The minimum Gasteiger partial charge on any atom is -0.489 e. The minimum atomic E-state index is 0.0597. The zero-order valence-corrected chi connectivity index (χ0v) is 11.4. The van der Waals surface area contributed by atoms with E-state index in [1.807, 2.05) is 37.3 Å². The van der Waals surface area contributed by atoms with Crippen LogP contribution in [-0.4, -0.2) is 5.84 Å². The van der Waals surface area contributed by atoms with Crippen LogP contribution in [-0.2, 0) is 6.61 Å². The number of nitrogens with one attached hydrogen (secondary N) is 1. The van der Waals surface area contributed by atoms with Gasteiger partial charge >= 0.3 is 0 Å². The number of nitrogens with two attached hydrogens (primary N) is 1. The second kappa shape index (κ2) is 5.76. The molecule has 98 valence electrons. The molecule has 0 aromatic heterocycles. The molecule has 0 spiro atoms. The standard InChI is InChI=1S/C15H15ClN2O/c1-10-7-13(16)5-6-14(10)19-9-11-3-2-4-12(8-11)15(17)18/h2-8H,9H2,1H3,(H3,17,18). The zero-order chi connectivity index (χ0) is 13.8. The van der Waals surface area contributed by atoms with Gasteiger partial charge in [-0.2, -0.15) is 0 Å². The van der Waals surface area contributed by atoms with Gasteiger partial charge in [0.05, 0.1) is 0 Å². The van der Waals surface area contributed by atoms with Crippen LogP contribution in [0.1, 0.15) is 16.7 Å². The summed E-state index contributed by atoms with van der Waals surface area (Å²) in [7, 11) is 0. The predicted molar refractivity (Wildman–Crippen MR) is 78.0 cm³/mol. The second-order valence-corrected chi connectivity index (χ2v) is 4.75. The number of hydrogen-bond donors (Lipinski definition) is 2. The molecular weight excluding hydrogens is 260 g/mol. The van der Waals surface area contributed by atoms with Gasteiger partial charge in [-0.1, -0.05) is 29.8 Å². The summed E-state index contributed by atoms with van der Waals surface area (Å²) in [6.07, 6.45) is 0. The van der Waals surface area contributed by atoms with Crippen LogP contribution in [0.3, 0.4) is 0 Å². The van der Waals surface area contributed by atoms with Gasteiger partial charge in [-0.25, -0.2) is 0 Å². The van der Waals surface area contributed by atoms with Crippen molar-refractivity contribution < 1.29 is 4.74 Å². The summed E-state index contributed by atoms with van der Waals surface area (Å²) < 4.78 is 5.74. The van der Waals surface area contributed by atoms with E-state index in [4.69, 9.17) is 27.5 Å². The summed E-state index contributed by atoms with van der Waals surface area (Å²) in [5.74, 6) is 0.863. The van der Waals surface area contributed by atoms with Crippen LogP contribution in [0.25, 0.3) is 0 Å². The van der Waals surface area contributed by atoms with Gasteiger partial charge in [-0.05, 0) is 42.3 Å². The topological polar surface area (TPSA) is 59.1 Å². The van der Waals surface area contributed by atoms with Crippen LogP contribution in [0.4, 0.5) is 0 Å². The third-order valence-corrected chi connectivity index (χ3v) is 3.00. The summed E-state index contributed by atoms with van der Waals surface area (Å²) in [4.78, 5) is 0. The van der Waals surface area contributed by atoms with Crippen molar-refractivity contribution in [2.45, 2.75) is 13.5 Å². The molecule has 0 saturated carbocycles. The maximum absolute atomic E-state index is 7.41. The molecule has 0 aliphatic rings. The van der Waals surface area contributed by atoms with E-state index in [2.05, 4.69) is 0 Å². The van der Waals surface area contributed by atoms with Gasteiger partial charge in [0.15, 0.2) is 0 Å². The lowest BCUT2D eigenvalue weighted by molar-refractivity contribution is 0.304. The van der Waals surface area contributed by atoms with Crippen LogP contribution in [0.15, 0.2) is 42.5 Å². The monoisotopic (exact) mass is 274 g/mol. The molecule has 0 unspecified atom stereocenters. The minimum absolute atomic E-state index is 0.0597. The Morgan fingerprint density at radius 1 is 1.26 bits per heavy atom. The first-order chi connectivity index (χ1) is 9.06. The molecule has 4 heteroatoms. The van der Waals surface area contributed by atoms with Crippen molar-refractivity contribution in [2.24, 2.45) is 5.73 Å². The summed E-state index contributed by atoms with van der Waals surface area (Å²) in [6, 6.07) is 13.0. The van der Waals surface area contributed by atoms with Crippen molar-refractivity contribution in [2.75, 3.05) is 0 Å². The van der Waals surface area contributed by atoms with E-state index in [1.165, 1.54) is 0 Å². The zero-order valence-electron chi connectivity index (χ0n) is 10.6. The van der Waals surface area contributed by atoms with E-state index in [-0.39, 0.29) is 5.84 Å². The van der Waals surface area contributed by atoms with Gasteiger partial charge < -0.3 is 10.5 Å². The summed E-state index contributed by atoms with van der Waals surface area (Å²) in [6.45, 7) is 2.39. The number of hydrogen-bond acceptors (Lipinski definition) is 2. The molecule has 0 saturated heterocycles. The maximum Gasteiger partial charge on any atom is 0.122 e. The molecule has 0 fully saturated rings. The van der Waals surface area contributed by atoms with Gasteiger partial charge in [-0.15, -0.1) is 0 Å². The average molecular weight is 275 g/mol. The van der Waals surface area contributed by atoms with E-state index in [9.17, 15) is 0 Å². The van der Waals surface area contributed by atoms with E-state index in [0.29, 0.717) is 17.2 Å². The predicted octanol–water partition coefficient (Wildman–Crippen LogP) is 3.51. The molecule has 0 radical (unpaired) electrons. The number of rotatable bonds is 4. The Kier molecular flexibility index (Phi) is 4.07. The highest BCUT2D eigenvalue weighted by Crippen LogP contribution is 2.22. The molecule has 3 N–H and O–H groups in total. The van der Waals surface area contributed by atoms with Crippen LogP contribution < -0.4 is 10.5 Å². The normalized spacial score (nSPS) is 10.2. The fourth-order valence-electron chi connectivity index (χ4n) is 1.76. The first kappa shape index (κ1) is 13.4. The molecule has 0 aliphatic carbocycles. The SMILES string of the molecule is Cc1cc(Cl)ccc1OCc1cccc(C(=N)N)c1. The average Bonchev–Trinajstić information content (AvgIpc) is 2.38. The van der Waals surface area contributed by atoms with Gasteiger partial charge in [0.25, 0.3) is 0 Å². The smallest absolute Gasteiger partial charge is 0.122 e. The van der Waals surface area contributed by atoms with Crippen molar-refractivity contribution in [3.8, 4) is 5.75 Å². The first-order valence-electron chi connectivity index (χ1n) is 5.88. The van der Waals surface area contributed by atoms with E-state index in [0.717, 1.165) is 16.9 Å². The fourth-order valence-corrected chi connectivity index (χ4v) is 1.99. The summed E-state index contributed by atoms with van der Waals surface area (Å²) >= 11 is 5.90. The Hall–Kier alpha value is -2.00. The highest BCUT2D eigenvalue weighted by molar-refractivity contribution is 6.30. The second-order valence-electron chi connectivity index (χ2n) is 4.31. The molecule has 2 rings (SSSR count). The molecule has 0 atom stereocenters. The largest absolute Gasteiger partial charge is 0.489 e. The van der Waals surface area contributed by atoms with Crippen LogP contribution >= 0.6 is 11.6 Å². The highest BCUT2D eigenvalue weighted by Gasteiger charge is 2.02. The van der Waals surface area contributed by atoms with E-state index in [1.54, 1.807) is 12.1 Å². The van der Waals surface area contributed by atoms with Gasteiger partial charge in [0.2, 0.25) is 0 Å². The Labute approximate surface area is 117 Å². The third-order valence-electron chi connectivity index (χ3n) is 2.77. The number of benzene rings is 2. The van der Waals surface area contributed by atoms with Gasteiger partial charge in [0.1, 0.15) is 18.2 Å². The quantitative estimate of drug-likeness (QED) is 0.662. The van der Waals surface area contributed by atoms with Gasteiger partial charge in [0, 0.05) is 10.6 Å². The van der Waals surface area contributed by atoms with Crippen LogP contribution in [0.5, 0.6) is 5.75 Å². The lowest BCUT2D eigenvalue weighted by Gasteiger charge is -2.10. The molecular formula is C15H15ClN2O. The molecule has 19 heavy (non-hydrogen) atoms. The molecule has 3 nitrogen and oxygen atoms in total. The molecule has 0 heterocycles. The van der Waals surface area contributed by atoms with Crippen molar-refractivity contribution in [1.29, 1.82) is 5.41 Å². The first-order valence-corrected chi connectivity index (χ1v) is 6.26. The molecule has 2 aromatic carbocycles. The molecule has 0 bridgehead atoms. The lowest BCUT2D eigenvalue weighted by atomic mass is 10.1. The Morgan fingerprint density at radius 2 is 2.05 bits per heavy atom. The van der Waals surface area contributed by atoms with Crippen molar-refractivity contribution in [3.05, 3.63) is 64.2 Å². The van der Waals surface area contributed by atoms with Crippen LogP contribution in [0.2, 0.25) is 5.02 Å². The Balaban J connectivity index is 2.10. The lowest BCUT2D eigenvalue weighted by Crippen LogP contribution is -2.11. The molecule has 0 aliphatic heterocycles. The summed E-state index contributed by atoms with van der Waals surface area (Å²) in [5, 5.41) is 8.11. The molecule has 0 amide bonds. The van der Waals surface area contributed by atoms with Gasteiger partial charge in [-0.3, -0.25) is 5.41 Å². The highest BCUT2D eigenvalue weighted by atomic mass is 35.5. The number of halogens is 1. The third kappa shape index (κ3) is 3.48. The summed E-state index contributed by atoms with van der Waals surface area (Å²) in [5.41, 5.74) is 8.13. The van der Waals surface area contributed by atoms with Crippen molar-refractivity contribution >= 4 is 17.4 Å². The Bertz CT molecular complexity index is 611. The molecule has 2 aromatic rings. The number of amidine groups is 1. The van der Waals surface area contributed by atoms with E-state index < -0.39 is 0 Å². The number of ether oxygens (including phenoxy) is 1. The Morgan fingerprint density at radius 3 is 2.74 bits per heavy atom. The van der Waals surface area contributed by atoms with E-state index >= 15 is 0 Å². The fraction of sp³-hybridized carbons (Fsp3) is 0.133. The van der Waals surface area contributed by atoms with Crippen molar-refractivity contribution in [1.82, 2.24) is 0 Å². The maximum atomic E-state index is 7.41. The number of nitrogen functional groups attached to an aromatic ring is 1. The van der Waals surface area contributed by atoms with Crippen molar-refractivity contribution in [3.63, 3.8) is 0 Å².